The first-order chi connectivity index (χ1) is 59.1. The van der Waals surface area contributed by atoms with Gasteiger partial charge in [-0.3, -0.25) is 19.2 Å². The molecule has 0 heterocycles. The Balaban J connectivity index is 0.000000123. The predicted octanol–water partition coefficient (Wildman–Crippen LogP) is 25.6. The number of methoxy groups -OCH3 is 1. The van der Waals surface area contributed by atoms with E-state index in [-0.39, 0.29) is 71.5 Å². The van der Waals surface area contributed by atoms with Gasteiger partial charge in [0.15, 0.2) is 88.4 Å². The van der Waals surface area contributed by atoms with Crippen LogP contribution in [0.1, 0.15) is 91.3 Å². The van der Waals surface area contributed by atoms with E-state index in [1.54, 1.807) is 7.11 Å². The standard InChI is InChI=1S/C24H27OS.C24H19OS.C21H21O2S.C20H23OS.C20H17OS/c25-23(24-14-18-11-19(15-24)13-20(12-18)16-24)17-26(21-7-3-1-4-8-21)22-9-5-2-6-10-22;25-24(21-16-15-19-9-7-8-10-20(19)17-21)18-26(22-11-3-1-4-12-22)23-13-5-2-6-14-23;1-22-16-17-23-18-12-14-21(15-13-18)24(19-8-4-2-5-9-19)20-10-6-3-7-11-20;2*21-20(17-10-4-1-5-11-17)16-22(18-12-6-2-7-13-18)19-14-8-3-9-15-19/h1-10,18-20H,11-17H2;1-17H,18H2;2-15H,16-17H2,1H3;2-3,6-9,12-15,17H,1,4-5,10-11,16H2;1-15H,16H2/q5*+1. The fourth-order valence-electron chi connectivity index (χ4n) is 17.2. The summed E-state index contributed by atoms with van der Waals surface area (Å²) in [5.74, 6) is 7.45. The van der Waals surface area contributed by atoms with Crippen LogP contribution in [0.2, 0.25) is 0 Å². The highest BCUT2D eigenvalue weighted by Crippen LogP contribution is 2.60. The number of ether oxygens (including phenoxy) is 2. The lowest BCUT2D eigenvalue weighted by Crippen LogP contribution is -2.51. The highest BCUT2D eigenvalue weighted by Gasteiger charge is 2.56. The van der Waals surface area contributed by atoms with Gasteiger partial charge in [-0.2, -0.15) is 0 Å². The fraction of sp³-hybridized carbons (Fsp3) is 0.211. The Hall–Kier alpha value is -10.5. The fourth-order valence-corrected chi connectivity index (χ4v) is 27.5. The highest BCUT2D eigenvalue weighted by molar-refractivity contribution is 7.98. The van der Waals surface area contributed by atoms with Crippen molar-refractivity contribution in [2.45, 2.75) is 124 Å². The second-order valence-electron chi connectivity index (χ2n) is 31.1. The topological polar surface area (TPSA) is 86.7 Å². The number of hydrogen-bond acceptors (Lipinski definition) is 6. The van der Waals surface area contributed by atoms with Crippen molar-refractivity contribution in [2.24, 2.45) is 29.1 Å². The maximum absolute atomic E-state index is 13.7. The summed E-state index contributed by atoms with van der Waals surface area (Å²) in [6.07, 6.45) is 13.7. The maximum atomic E-state index is 13.7. The molecule has 0 unspecified atom stereocenters. The van der Waals surface area contributed by atoms with Gasteiger partial charge in [0.2, 0.25) is 11.6 Å². The summed E-state index contributed by atoms with van der Waals surface area (Å²) >= 11 is 0. The number of benzene rings is 14. The molecule has 0 radical (unpaired) electrons. The smallest absolute Gasteiger partial charge is 0.212 e. The average molecular weight is 1670 g/mol. The largest absolute Gasteiger partial charge is 0.491 e. The second kappa shape index (κ2) is 44.7. The van der Waals surface area contributed by atoms with E-state index in [0.29, 0.717) is 53.7 Å². The zero-order valence-electron chi connectivity index (χ0n) is 68.4. The summed E-state index contributed by atoms with van der Waals surface area (Å²) in [6, 6.07) is 137. The van der Waals surface area contributed by atoms with E-state index in [9.17, 15) is 19.2 Å². The Labute approximate surface area is 725 Å². The minimum absolute atomic E-state index is 0.0174. The highest BCUT2D eigenvalue weighted by atomic mass is 32.2. The van der Waals surface area contributed by atoms with Gasteiger partial charge in [0.05, 0.1) is 61.1 Å². The summed E-state index contributed by atoms with van der Waals surface area (Å²) in [6.45, 7) is 1.17. The van der Waals surface area contributed by atoms with Crippen molar-refractivity contribution < 1.29 is 28.7 Å². The van der Waals surface area contributed by atoms with Crippen LogP contribution in [0, 0.1) is 29.1 Å². The van der Waals surface area contributed by atoms with Crippen molar-refractivity contribution in [3.05, 3.63) is 412 Å². The van der Waals surface area contributed by atoms with Crippen LogP contribution in [0.15, 0.2) is 454 Å². The van der Waals surface area contributed by atoms with Gasteiger partial charge in [0.1, 0.15) is 12.4 Å². The summed E-state index contributed by atoms with van der Waals surface area (Å²) < 4.78 is 10.7. The van der Waals surface area contributed by atoms with E-state index in [1.165, 1.54) is 112 Å². The van der Waals surface area contributed by atoms with Crippen LogP contribution in [0.5, 0.6) is 5.75 Å². The van der Waals surface area contributed by atoms with Crippen LogP contribution in [-0.4, -0.2) is 66.5 Å². The molecule has 0 N–H and O–H groups in total. The lowest BCUT2D eigenvalue weighted by atomic mass is 9.48. The van der Waals surface area contributed by atoms with Crippen LogP contribution in [0.4, 0.5) is 0 Å². The minimum atomic E-state index is -0.265. The van der Waals surface area contributed by atoms with Gasteiger partial charge in [-0.15, -0.1) is 0 Å². The molecule has 0 atom stereocenters. The molecule has 14 aromatic carbocycles. The van der Waals surface area contributed by atoms with Gasteiger partial charge >= 0.3 is 0 Å². The molecule has 4 bridgehead atoms. The lowest BCUT2D eigenvalue weighted by molar-refractivity contribution is -0.141. The average Bonchev–Trinajstić information content (AvgIpc) is 0.737. The molecule has 6 nitrogen and oxygen atoms in total. The van der Waals surface area contributed by atoms with E-state index in [4.69, 9.17) is 9.47 Å². The first-order valence-corrected chi connectivity index (χ1v) is 48.9. The van der Waals surface area contributed by atoms with Gasteiger partial charge in [-0.05, 0) is 232 Å². The first-order valence-electron chi connectivity index (χ1n) is 42.1. The minimum Gasteiger partial charge on any atom is -0.491 e. The molecule has 0 aromatic heterocycles. The zero-order valence-corrected chi connectivity index (χ0v) is 72.5. The summed E-state index contributed by atoms with van der Waals surface area (Å²) in [5, 5.41) is 2.27. The number of fused-ring (bicyclic) bond motifs is 1. The number of rotatable bonds is 27. The first kappa shape index (κ1) is 85.9. The molecule has 0 aliphatic heterocycles. The number of carbonyl (C=O) groups excluding carboxylic acids is 4. The third kappa shape index (κ3) is 24.0. The Kier molecular flexibility index (Phi) is 32.0. The number of carbonyl (C=O) groups is 4. The van der Waals surface area contributed by atoms with Gasteiger partial charge in [-0.1, -0.05) is 268 Å². The van der Waals surface area contributed by atoms with Crippen molar-refractivity contribution in [1.82, 2.24) is 0 Å². The second-order valence-corrected chi connectivity index (χ2v) is 41.2. The van der Waals surface area contributed by atoms with Crippen LogP contribution in [-0.2, 0) is 68.8 Å². The molecular weight excluding hydrogens is 1570 g/mol. The van der Waals surface area contributed by atoms with Crippen molar-refractivity contribution in [3.63, 3.8) is 0 Å². The maximum Gasteiger partial charge on any atom is 0.212 e. The number of Topliss-reactive ketones (excluding diaryl/α,β-unsaturated/α-hetero) is 4. The lowest BCUT2D eigenvalue weighted by Gasteiger charge is -2.55. The third-order valence-electron chi connectivity index (χ3n) is 22.8. The van der Waals surface area contributed by atoms with Crippen LogP contribution in [0.25, 0.3) is 10.8 Å². The Morgan fingerprint density at radius 1 is 0.300 bits per heavy atom. The molecule has 0 saturated heterocycles. The van der Waals surface area contributed by atoms with Crippen molar-refractivity contribution in [2.75, 3.05) is 43.3 Å². The van der Waals surface area contributed by atoms with E-state index in [0.717, 1.165) is 58.2 Å². The Morgan fingerprint density at radius 3 is 0.975 bits per heavy atom. The van der Waals surface area contributed by atoms with Crippen molar-refractivity contribution >= 4 is 88.4 Å². The molecule has 0 spiro atoms. The summed E-state index contributed by atoms with van der Waals surface area (Å²) in [4.78, 5) is 66.0. The predicted molar refractivity (Wildman–Crippen MR) is 502 cm³/mol. The van der Waals surface area contributed by atoms with Gasteiger partial charge in [0, 0.05) is 29.6 Å². The van der Waals surface area contributed by atoms with Crippen molar-refractivity contribution in [3.8, 4) is 5.75 Å². The molecule has 0 amide bonds. The van der Waals surface area contributed by atoms with E-state index in [1.807, 2.05) is 158 Å². The third-order valence-corrected chi connectivity index (χ3v) is 34.0. The monoisotopic (exact) mass is 1670 g/mol. The molecule has 604 valence electrons. The quantitative estimate of drug-likeness (QED) is 0.0290. The van der Waals surface area contributed by atoms with E-state index >= 15 is 0 Å². The van der Waals surface area contributed by atoms with E-state index in [2.05, 4.69) is 243 Å². The van der Waals surface area contributed by atoms with Gasteiger partial charge in [-0.25, -0.2) is 0 Å². The zero-order chi connectivity index (χ0) is 82.3. The van der Waals surface area contributed by atoms with Gasteiger partial charge in [0.25, 0.3) is 0 Å². The normalized spacial score (nSPS) is 16.3. The summed E-state index contributed by atoms with van der Waals surface area (Å²) in [5.41, 5.74) is 1.59. The molecule has 5 aliphatic rings. The van der Waals surface area contributed by atoms with Crippen molar-refractivity contribution in [1.29, 1.82) is 0 Å². The molecule has 19 rings (SSSR count). The summed E-state index contributed by atoms with van der Waals surface area (Å²) in [7, 11) is 0.795. The van der Waals surface area contributed by atoms with E-state index < -0.39 is 0 Å². The molecular formula is C109H107O6S5+5. The molecule has 5 saturated carbocycles. The SMILES string of the molecule is COCCOc1ccc([S+](c2ccccc2)c2ccccc2)cc1.O=C(C[S+](c1ccccc1)c1ccccc1)C12CC3CC(CC(C3)C1)C2.O=C(C[S+](c1ccccc1)c1ccccc1)C1CCCCC1.O=C(C[S+](c1ccccc1)c1ccccc1)c1ccc2ccccc2c1.O=C(C[S+](c1ccccc1)c1ccccc1)c1ccccc1. The molecule has 14 aromatic rings. The molecule has 120 heavy (non-hydrogen) atoms. The molecule has 5 aliphatic carbocycles. The molecule has 11 heteroatoms. The Morgan fingerprint density at radius 2 is 0.608 bits per heavy atom. The number of hydrogen-bond donors (Lipinski definition) is 0. The van der Waals surface area contributed by atoms with Gasteiger partial charge < -0.3 is 9.47 Å². The number of ketones is 4. The van der Waals surface area contributed by atoms with Crippen LogP contribution in [0.3, 0.4) is 0 Å². The molecule has 5 fully saturated rings. The van der Waals surface area contributed by atoms with Crippen LogP contribution < -0.4 is 4.74 Å². The van der Waals surface area contributed by atoms with Crippen LogP contribution >= 0.6 is 0 Å². The Bertz CT molecular complexity index is 5190.